The van der Waals surface area contributed by atoms with E-state index < -0.39 is 23.9 Å². The second-order valence-corrected chi connectivity index (χ2v) is 1.97. The van der Waals surface area contributed by atoms with Crippen molar-refractivity contribution in [3.63, 3.8) is 0 Å². The van der Waals surface area contributed by atoms with Crippen LogP contribution in [0.2, 0.25) is 0 Å². The molecule has 0 atom stereocenters. The average Bonchev–Trinajstić information content (AvgIpc) is 1.76. The maximum Gasteiger partial charge on any atom is 4.00 e. The molecule has 0 aromatic carbocycles. The number of hydrogen-bond donors (Lipinski definition) is 0. The maximum absolute atomic E-state index is 8.89. The molecule has 0 aliphatic heterocycles. The minimum Gasteiger partial charge on any atom is -0.550 e. The zero-order chi connectivity index (χ0) is 14.3. The Morgan fingerprint density at radius 3 is 0.556 bits per heavy atom. The first-order chi connectivity index (χ1) is 6.93. The molecule has 0 N–H and O–H groups in total. The van der Waals surface area contributed by atoms with Crippen molar-refractivity contribution in [2.75, 3.05) is 0 Å². The van der Waals surface area contributed by atoms with Crippen LogP contribution in [-0.2, 0) is 45.4 Å². The second kappa shape index (κ2) is 29.9. The molecule has 0 aromatic rings. The zero-order valence-corrected chi connectivity index (χ0v) is 14.0. The molecule has 0 bridgehead atoms. The normalized spacial score (nSPS) is 5.56. The fourth-order valence-corrected chi connectivity index (χ4v) is 0. The minimum absolute atomic E-state index is 0. The van der Waals surface area contributed by atoms with E-state index in [9.17, 15) is 0 Å². The van der Waals surface area contributed by atoms with Gasteiger partial charge in [0, 0.05) is 41.2 Å². The van der Waals surface area contributed by atoms with Crippen LogP contribution >= 0.6 is 0 Å². The summed E-state index contributed by atoms with van der Waals surface area (Å²) in [6, 6.07) is 0. The molecule has 0 saturated heterocycles. The summed E-state index contributed by atoms with van der Waals surface area (Å²) >= 11 is 0. The number of carboxylic acids is 4. The Morgan fingerprint density at radius 1 is 0.556 bits per heavy atom. The second-order valence-electron chi connectivity index (χ2n) is 1.97. The number of hydrogen-bond acceptors (Lipinski definition) is 8. The summed E-state index contributed by atoms with van der Waals surface area (Å²) in [5.74, 6) is -4.33. The Bertz CT molecular complexity index is 167. The van der Waals surface area contributed by atoms with Gasteiger partial charge in [0.2, 0.25) is 0 Å². The molecule has 0 unspecified atom stereocenters. The van der Waals surface area contributed by atoms with Crippen molar-refractivity contribution in [1.82, 2.24) is 0 Å². The van der Waals surface area contributed by atoms with E-state index >= 15 is 0 Å². The third-order valence-electron chi connectivity index (χ3n) is 0. The molecule has 0 spiro atoms. The van der Waals surface area contributed by atoms with E-state index in [0.717, 1.165) is 27.7 Å². The van der Waals surface area contributed by atoms with Crippen LogP contribution < -0.4 is 20.4 Å². The first-order valence-corrected chi connectivity index (χ1v) is 3.63. The first kappa shape index (κ1) is 36.0. The molecule has 0 rings (SSSR count). The summed E-state index contributed by atoms with van der Waals surface area (Å²) in [4.78, 5) is 35.6. The van der Waals surface area contributed by atoms with Gasteiger partial charge in [-0.15, -0.1) is 0 Å². The third-order valence-corrected chi connectivity index (χ3v) is 0. The van der Waals surface area contributed by atoms with Gasteiger partial charge >= 0.3 is 26.2 Å². The quantitative estimate of drug-likeness (QED) is 0.390. The Hall–Kier alpha value is -0.704. The largest absolute Gasteiger partial charge is 4.00 e. The number of rotatable bonds is 0. The van der Waals surface area contributed by atoms with E-state index in [1.807, 2.05) is 0 Å². The van der Waals surface area contributed by atoms with Crippen molar-refractivity contribution in [3.05, 3.63) is 0 Å². The van der Waals surface area contributed by atoms with Gasteiger partial charge in [-0.2, -0.15) is 0 Å². The number of carboxylic acid groups (broad SMARTS) is 4. The van der Waals surface area contributed by atoms with Gasteiger partial charge in [0.15, 0.2) is 0 Å². The monoisotopic (exact) mass is 353 g/mol. The van der Waals surface area contributed by atoms with Gasteiger partial charge in [0.1, 0.15) is 0 Å². The van der Waals surface area contributed by atoms with E-state index in [0.29, 0.717) is 0 Å². The molecule has 0 amide bonds. The van der Waals surface area contributed by atoms with Crippen LogP contribution in [0.3, 0.4) is 0 Å². The summed E-state index contributed by atoms with van der Waals surface area (Å²) in [5.41, 5.74) is 0. The van der Waals surface area contributed by atoms with E-state index in [4.69, 9.17) is 39.6 Å². The minimum atomic E-state index is -1.08. The molecule has 8 nitrogen and oxygen atoms in total. The van der Waals surface area contributed by atoms with E-state index in [1.54, 1.807) is 0 Å². The average molecular weight is 354 g/mol. The summed E-state index contributed by atoms with van der Waals surface area (Å²) in [5, 5.41) is 35.6. The Kier molecular flexibility index (Phi) is 59.8. The molecular weight excluding hydrogens is 342 g/mol. The summed E-state index contributed by atoms with van der Waals surface area (Å²) in [7, 11) is 0. The first-order valence-electron chi connectivity index (χ1n) is 3.63. The molecule has 99 valence electrons. The van der Waals surface area contributed by atoms with Crippen molar-refractivity contribution < 1.29 is 65.8 Å². The summed E-state index contributed by atoms with van der Waals surface area (Å²) in [6.45, 7) is 3.89. The Balaban J connectivity index is -0.0000000257. The van der Waals surface area contributed by atoms with Crippen LogP contribution in [0.4, 0.5) is 0 Å². The van der Waals surface area contributed by atoms with Gasteiger partial charge in [-0.3, -0.25) is 0 Å². The van der Waals surface area contributed by atoms with E-state index in [-0.39, 0.29) is 43.6 Å². The van der Waals surface area contributed by atoms with Crippen molar-refractivity contribution >= 4 is 41.2 Å². The van der Waals surface area contributed by atoms with Crippen molar-refractivity contribution in [3.8, 4) is 0 Å². The molecule has 18 heavy (non-hydrogen) atoms. The van der Waals surface area contributed by atoms with Gasteiger partial charge in [-0.05, 0) is 27.7 Å². The van der Waals surface area contributed by atoms with Crippen LogP contribution in [0.1, 0.15) is 27.7 Å². The molecule has 0 aliphatic carbocycles. The molecular formula is C8H12AlO8Zr. The summed E-state index contributed by atoms with van der Waals surface area (Å²) in [6.07, 6.45) is 0. The van der Waals surface area contributed by atoms with Crippen LogP contribution in [0, 0.1) is 0 Å². The fraction of sp³-hybridized carbons (Fsp3) is 0.500. The molecule has 0 aliphatic rings. The van der Waals surface area contributed by atoms with Crippen molar-refractivity contribution in [1.29, 1.82) is 0 Å². The predicted octanol–water partition coefficient (Wildman–Crippen LogP) is -5.36. The fourth-order valence-electron chi connectivity index (χ4n) is 0. The number of carbonyl (C=O) groups is 4. The SMILES string of the molecule is CC(=O)[O-].CC(=O)[O-].CC(=O)[O-].CC(=O)[O-].[Al].[Zr+4]. The Morgan fingerprint density at radius 2 is 0.556 bits per heavy atom. The molecule has 3 radical (unpaired) electrons. The number of carbonyl (C=O) groups excluding carboxylic acids is 4. The van der Waals surface area contributed by atoms with Crippen LogP contribution in [0.5, 0.6) is 0 Å². The molecule has 0 fully saturated rings. The van der Waals surface area contributed by atoms with Gasteiger partial charge in [0.25, 0.3) is 0 Å². The maximum atomic E-state index is 8.89. The van der Waals surface area contributed by atoms with Crippen LogP contribution in [-0.4, -0.2) is 41.2 Å². The van der Waals surface area contributed by atoms with Gasteiger partial charge in [-0.1, -0.05) is 0 Å². The number of aliphatic carboxylic acids is 4. The standard InChI is InChI=1S/4C2H4O2.Al.Zr/c4*1-2(3)4;;/h4*1H3,(H,3,4);;/q;;;;;+4/p-4. The van der Waals surface area contributed by atoms with E-state index in [2.05, 4.69) is 0 Å². The topological polar surface area (TPSA) is 161 Å². The van der Waals surface area contributed by atoms with Gasteiger partial charge in [-0.25, -0.2) is 0 Å². The smallest absolute Gasteiger partial charge is 0.550 e. The van der Waals surface area contributed by atoms with E-state index in [1.165, 1.54) is 0 Å². The molecule has 0 heterocycles. The third kappa shape index (κ3) is 6300. The van der Waals surface area contributed by atoms with Crippen LogP contribution in [0.15, 0.2) is 0 Å². The van der Waals surface area contributed by atoms with Crippen molar-refractivity contribution in [2.24, 2.45) is 0 Å². The van der Waals surface area contributed by atoms with Gasteiger partial charge < -0.3 is 39.6 Å². The van der Waals surface area contributed by atoms with Gasteiger partial charge in [0.05, 0.1) is 0 Å². The van der Waals surface area contributed by atoms with Crippen LogP contribution in [0.25, 0.3) is 0 Å². The predicted molar refractivity (Wildman–Crippen MR) is 48.5 cm³/mol. The van der Waals surface area contributed by atoms with Crippen molar-refractivity contribution in [2.45, 2.75) is 27.7 Å². The zero-order valence-electron chi connectivity index (χ0n) is 10.3. The molecule has 10 heteroatoms. The summed E-state index contributed by atoms with van der Waals surface area (Å²) < 4.78 is 0. The Labute approximate surface area is 134 Å². The molecule has 0 saturated carbocycles. The molecule has 0 aromatic heterocycles.